The van der Waals surface area contributed by atoms with Gasteiger partial charge in [-0.3, -0.25) is 4.79 Å². The van der Waals surface area contributed by atoms with Gasteiger partial charge in [0.25, 0.3) is 6.43 Å². The van der Waals surface area contributed by atoms with Crippen LogP contribution >= 0.6 is 15.9 Å². The van der Waals surface area contributed by atoms with Gasteiger partial charge in [-0.25, -0.2) is 8.78 Å². The fraction of sp³-hybridized carbons (Fsp3) is 0.364. The largest absolute Gasteiger partial charge is 0.434 e. The average molecular weight is 329 g/mol. The molecule has 1 rings (SSSR count). The average Bonchev–Trinajstić information content (AvgIpc) is 2.28. The number of hydrogen-bond donors (Lipinski definition) is 0. The molecule has 1 aromatic carbocycles. The summed E-state index contributed by atoms with van der Waals surface area (Å²) >= 11 is 3.03. The highest BCUT2D eigenvalue weighted by Gasteiger charge is 2.18. The van der Waals surface area contributed by atoms with E-state index in [1.165, 1.54) is 0 Å². The summed E-state index contributed by atoms with van der Waals surface area (Å²) in [4.78, 5) is 11.6. The molecule has 0 aromatic heterocycles. The molecule has 0 bridgehead atoms. The van der Waals surface area contributed by atoms with Gasteiger partial charge in [-0.15, -0.1) is 0 Å². The van der Waals surface area contributed by atoms with Crippen LogP contribution in [0.25, 0.3) is 0 Å². The van der Waals surface area contributed by atoms with Crippen LogP contribution in [0.4, 0.5) is 17.6 Å². The van der Waals surface area contributed by atoms with Gasteiger partial charge in [0.2, 0.25) is 0 Å². The second-order valence-electron chi connectivity index (χ2n) is 3.30. The van der Waals surface area contributed by atoms with E-state index in [-0.39, 0.29) is 12.0 Å². The Kier molecular flexibility index (Phi) is 5.58. The van der Waals surface area contributed by atoms with Gasteiger partial charge in [0.15, 0.2) is 5.78 Å². The maximum Gasteiger partial charge on any atom is 0.387 e. The first-order valence-electron chi connectivity index (χ1n) is 4.91. The van der Waals surface area contributed by atoms with Crippen molar-refractivity contribution in [3.8, 4) is 5.75 Å². The first-order chi connectivity index (χ1) is 8.45. The number of rotatable bonds is 6. The van der Waals surface area contributed by atoms with E-state index in [4.69, 9.17) is 0 Å². The maximum absolute atomic E-state index is 12.4. The molecule has 0 unspecified atom stereocenters. The minimum absolute atomic E-state index is 0.0631. The molecule has 0 spiro atoms. The van der Waals surface area contributed by atoms with E-state index in [1.807, 2.05) is 0 Å². The molecule has 0 saturated carbocycles. The van der Waals surface area contributed by atoms with Gasteiger partial charge in [0, 0.05) is 17.3 Å². The van der Waals surface area contributed by atoms with Crippen molar-refractivity contribution in [3.05, 3.63) is 29.3 Å². The summed E-state index contributed by atoms with van der Waals surface area (Å²) in [6, 6.07) is 2.85. The summed E-state index contributed by atoms with van der Waals surface area (Å²) in [7, 11) is 0. The number of carbonyl (C=O) groups is 1. The highest BCUT2D eigenvalue weighted by molar-refractivity contribution is 9.09. The highest BCUT2D eigenvalue weighted by atomic mass is 79.9. The number of hydrogen-bond acceptors (Lipinski definition) is 2. The van der Waals surface area contributed by atoms with Crippen molar-refractivity contribution in [2.24, 2.45) is 0 Å². The second-order valence-corrected chi connectivity index (χ2v) is 4.09. The lowest BCUT2D eigenvalue weighted by molar-refractivity contribution is -0.0503. The minimum Gasteiger partial charge on any atom is -0.434 e. The number of Topliss-reactive ketones (excluding diaryl/α,β-unsaturated/α-hetero) is 1. The van der Waals surface area contributed by atoms with Crippen LogP contribution in [0.5, 0.6) is 5.75 Å². The van der Waals surface area contributed by atoms with Crippen molar-refractivity contribution in [3.63, 3.8) is 0 Å². The molecule has 1 aromatic rings. The Bertz CT molecular complexity index is 424. The van der Waals surface area contributed by atoms with Crippen LogP contribution in [-0.4, -0.2) is 17.7 Å². The molecule has 0 aliphatic heterocycles. The Morgan fingerprint density at radius 2 is 1.94 bits per heavy atom. The Labute approximate surface area is 109 Å². The van der Waals surface area contributed by atoms with Crippen molar-refractivity contribution < 1.29 is 27.1 Å². The first kappa shape index (κ1) is 14.9. The molecular formula is C11H9BrF4O2. The lowest BCUT2D eigenvalue weighted by atomic mass is 10.1. The normalized spacial score (nSPS) is 11.1. The number of alkyl halides is 5. The summed E-state index contributed by atoms with van der Waals surface area (Å²) in [6.45, 7) is -3.17. The molecule has 0 saturated heterocycles. The molecule has 7 heteroatoms. The van der Waals surface area contributed by atoms with Crippen molar-refractivity contribution in [1.29, 1.82) is 0 Å². The van der Waals surface area contributed by atoms with Gasteiger partial charge in [-0.2, -0.15) is 8.78 Å². The van der Waals surface area contributed by atoms with Crippen molar-refractivity contribution in [2.75, 3.05) is 5.33 Å². The van der Waals surface area contributed by atoms with Crippen LogP contribution in [-0.2, 0) is 0 Å². The van der Waals surface area contributed by atoms with Crippen molar-refractivity contribution in [2.45, 2.75) is 19.5 Å². The van der Waals surface area contributed by atoms with Gasteiger partial charge < -0.3 is 4.74 Å². The standard InChI is InChI=1S/C11H9BrF4O2/c12-4-3-8(17)7-2-1-6(10(13)14)5-9(7)18-11(15)16/h1-2,5,10-11H,3-4H2. The first-order valence-corrected chi connectivity index (χ1v) is 6.04. The fourth-order valence-electron chi connectivity index (χ4n) is 1.32. The molecule has 0 heterocycles. The number of halogens is 5. The van der Waals surface area contributed by atoms with Crippen LogP contribution < -0.4 is 4.74 Å². The molecule has 0 N–H and O–H groups in total. The molecule has 0 aliphatic rings. The predicted octanol–water partition coefficient (Wildman–Crippen LogP) is 4.19. The smallest absolute Gasteiger partial charge is 0.387 e. The number of carbonyl (C=O) groups excluding carboxylic acids is 1. The summed E-state index contributed by atoms with van der Waals surface area (Å²) in [5.41, 5.74) is -0.597. The molecule has 100 valence electrons. The Morgan fingerprint density at radius 3 is 2.44 bits per heavy atom. The summed E-state index contributed by atoms with van der Waals surface area (Å²) in [6.07, 6.45) is -2.75. The lowest BCUT2D eigenvalue weighted by Gasteiger charge is -2.11. The zero-order valence-electron chi connectivity index (χ0n) is 9.01. The number of ether oxygens (including phenoxy) is 1. The third-order valence-electron chi connectivity index (χ3n) is 2.10. The third-order valence-corrected chi connectivity index (χ3v) is 2.49. The highest BCUT2D eigenvalue weighted by Crippen LogP contribution is 2.28. The molecule has 2 nitrogen and oxygen atoms in total. The van der Waals surface area contributed by atoms with Crippen LogP contribution in [0.3, 0.4) is 0 Å². The quantitative estimate of drug-likeness (QED) is 0.444. The van der Waals surface area contributed by atoms with E-state index in [2.05, 4.69) is 20.7 Å². The van der Waals surface area contributed by atoms with E-state index in [0.717, 1.165) is 18.2 Å². The SMILES string of the molecule is O=C(CCBr)c1ccc(C(F)F)cc1OC(F)F. The molecule has 0 atom stereocenters. The van der Waals surface area contributed by atoms with E-state index >= 15 is 0 Å². The fourth-order valence-corrected chi connectivity index (χ4v) is 1.68. The summed E-state index contributed by atoms with van der Waals surface area (Å²) in [5, 5.41) is 0.344. The summed E-state index contributed by atoms with van der Waals surface area (Å²) in [5.74, 6) is -0.975. The topological polar surface area (TPSA) is 26.3 Å². The zero-order chi connectivity index (χ0) is 13.7. The predicted molar refractivity (Wildman–Crippen MR) is 60.8 cm³/mol. The van der Waals surface area contributed by atoms with E-state index < -0.39 is 30.1 Å². The van der Waals surface area contributed by atoms with E-state index in [9.17, 15) is 22.4 Å². The van der Waals surface area contributed by atoms with Crippen LogP contribution in [0.2, 0.25) is 0 Å². The van der Waals surface area contributed by atoms with Gasteiger partial charge in [-0.1, -0.05) is 22.0 Å². The molecule has 0 radical (unpaired) electrons. The second kappa shape index (κ2) is 6.72. The van der Waals surface area contributed by atoms with E-state index in [0.29, 0.717) is 5.33 Å². The van der Waals surface area contributed by atoms with Gasteiger partial charge in [0.1, 0.15) is 5.75 Å². The monoisotopic (exact) mass is 328 g/mol. The molecule has 18 heavy (non-hydrogen) atoms. The minimum atomic E-state index is -3.17. The Morgan fingerprint density at radius 1 is 1.28 bits per heavy atom. The molecule has 0 fully saturated rings. The van der Waals surface area contributed by atoms with Gasteiger partial charge >= 0.3 is 6.61 Å². The van der Waals surface area contributed by atoms with Crippen LogP contribution in [0.1, 0.15) is 28.8 Å². The molecular weight excluding hydrogens is 320 g/mol. The van der Waals surface area contributed by atoms with Gasteiger partial charge in [0.05, 0.1) is 5.56 Å². The van der Waals surface area contributed by atoms with Crippen molar-refractivity contribution in [1.82, 2.24) is 0 Å². The maximum atomic E-state index is 12.4. The van der Waals surface area contributed by atoms with E-state index in [1.54, 1.807) is 0 Å². The number of benzene rings is 1. The third kappa shape index (κ3) is 3.97. The number of ketones is 1. The zero-order valence-corrected chi connectivity index (χ0v) is 10.6. The Balaban J connectivity index is 3.12. The molecule has 0 amide bonds. The van der Waals surface area contributed by atoms with Crippen molar-refractivity contribution >= 4 is 21.7 Å². The van der Waals surface area contributed by atoms with Crippen LogP contribution in [0.15, 0.2) is 18.2 Å². The Hall–Kier alpha value is -1.11. The summed E-state index contributed by atoms with van der Waals surface area (Å²) < 4.78 is 53.3. The molecule has 0 aliphatic carbocycles. The van der Waals surface area contributed by atoms with Gasteiger partial charge in [-0.05, 0) is 12.1 Å². The van der Waals surface area contributed by atoms with Crippen LogP contribution in [0, 0.1) is 0 Å². The lowest BCUT2D eigenvalue weighted by Crippen LogP contribution is -2.09.